The molecule has 5 heterocycles. The molecule has 190 valence electrons. The zero-order valence-corrected chi connectivity index (χ0v) is 21.6. The maximum Gasteiger partial charge on any atom is 0.534 e. The van der Waals surface area contributed by atoms with E-state index in [4.69, 9.17) is 41.2 Å². The van der Waals surface area contributed by atoms with Crippen molar-refractivity contribution in [1.29, 1.82) is 0 Å². The SMILES string of the molecule is Cc1ncc(-c2ccnc(N)n2)o1.Cc1ncc(B2OC(C)(C)C(C)(C)O2)o1.Nc1nccc(Cl)n1. The second-order valence-corrected chi connectivity index (χ2v) is 9.04. The van der Waals surface area contributed by atoms with Crippen LogP contribution in [0.5, 0.6) is 0 Å². The van der Waals surface area contributed by atoms with E-state index in [9.17, 15) is 0 Å². The molecule has 14 heteroatoms. The molecule has 0 radical (unpaired) electrons. The number of anilines is 2. The summed E-state index contributed by atoms with van der Waals surface area (Å²) in [5.74, 6) is 2.27. The number of nitrogen functional groups attached to an aromatic ring is 2. The van der Waals surface area contributed by atoms with Gasteiger partial charge in [0.25, 0.3) is 0 Å². The summed E-state index contributed by atoms with van der Waals surface area (Å²) in [6.07, 6.45) is 6.34. The smallest absolute Gasteiger partial charge is 0.450 e. The summed E-state index contributed by atoms with van der Waals surface area (Å²) in [7, 11) is -0.448. The first-order chi connectivity index (χ1) is 16.9. The second kappa shape index (κ2) is 11.0. The molecular formula is C22H28BClN8O4. The van der Waals surface area contributed by atoms with E-state index in [0.717, 1.165) is 0 Å². The third kappa shape index (κ3) is 7.00. The van der Waals surface area contributed by atoms with E-state index < -0.39 is 7.12 Å². The van der Waals surface area contributed by atoms with Crippen LogP contribution in [0.25, 0.3) is 11.5 Å². The third-order valence-electron chi connectivity index (χ3n) is 5.31. The monoisotopic (exact) mass is 514 g/mol. The van der Waals surface area contributed by atoms with E-state index in [1.807, 2.05) is 27.7 Å². The lowest BCUT2D eigenvalue weighted by Gasteiger charge is -2.32. The number of oxazole rings is 2. The van der Waals surface area contributed by atoms with Crippen molar-refractivity contribution < 1.29 is 18.1 Å². The van der Waals surface area contributed by atoms with Crippen molar-refractivity contribution in [1.82, 2.24) is 29.9 Å². The molecule has 0 aromatic carbocycles. The van der Waals surface area contributed by atoms with Gasteiger partial charge in [-0.05, 0) is 39.8 Å². The lowest BCUT2D eigenvalue weighted by Crippen LogP contribution is -2.41. The van der Waals surface area contributed by atoms with Crippen LogP contribution in [0.15, 0.2) is 45.8 Å². The molecule has 4 aromatic rings. The fraction of sp³-hybridized carbons (Fsp3) is 0.364. The zero-order chi connectivity index (χ0) is 26.5. The maximum atomic E-state index is 5.81. The second-order valence-electron chi connectivity index (χ2n) is 8.65. The Morgan fingerprint density at radius 1 is 0.778 bits per heavy atom. The van der Waals surface area contributed by atoms with E-state index in [2.05, 4.69) is 29.9 Å². The Kier molecular flexibility index (Phi) is 8.28. The van der Waals surface area contributed by atoms with Crippen molar-refractivity contribution in [3.8, 4) is 11.5 Å². The van der Waals surface area contributed by atoms with Gasteiger partial charge in [0.2, 0.25) is 11.9 Å². The predicted molar refractivity (Wildman–Crippen MR) is 135 cm³/mol. The molecule has 1 aliphatic heterocycles. The Labute approximate surface area is 214 Å². The molecule has 1 fully saturated rings. The Bertz CT molecular complexity index is 1260. The minimum absolute atomic E-state index is 0.206. The molecule has 0 amide bonds. The quantitative estimate of drug-likeness (QED) is 0.296. The largest absolute Gasteiger partial charge is 0.534 e. The van der Waals surface area contributed by atoms with E-state index in [1.54, 1.807) is 44.6 Å². The minimum Gasteiger partial charge on any atom is -0.450 e. The minimum atomic E-state index is -0.448. The van der Waals surface area contributed by atoms with Crippen LogP contribution in [-0.4, -0.2) is 48.2 Å². The van der Waals surface area contributed by atoms with Gasteiger partial charge in [-0.25, -0.2) is 29.9 Å². The number of halogens is 1. The molecule has 12 nitrogen and oxygen atoms in total. The van der Waals surface area contributed by atoms with Crippen LogP contribution in [0.4, 0.5) is 11.9 Å². The molecule has 0 atom stereocenters. The van der Waals surface area contributed by atoms with E-state index in [1.165, 1.54) is 6.20 Å². The average molecular weight is 515 g/mol. The van der Waals surface area contributed by atoms with E-state index in [-0.39, 0.29) is 23.1 Å². The van der Waals surface area contributed by atoms with Gasteiger partial charge in [-0.1, -0.05) is 11.6 Å². The van der Waals surface area contributed by atoms with Crippen molar-refractivity contribution in [2.45, 2.75) is 52.7 Å². The van der Waals surface area contributed by atoms with Crippen molar-refractivity contribution in [3.05, 3.63) is 53.9 Å². The summed E-state index contributed by atoms with van der Waals surface area (Å²) in [5.41, 5.74) is 11.2. The molecule has 0 spiro atoms. The first-order valence-electron chi connectivity index (χ1n) is 10.9. The van der Waals surface area contributed by atoms with Gasteiger partial charge >= 0.3 is 7.12 Å². The lowest BCUT2D eigenvalue weighted by atomic mass is 9.87. The highest BCUT2D eigenvalue weighted by molar-refractivity contribution is 6.60. The third-order valence-corrected chi connectivity index (χ3v) is 5.52. The molecule has 0 bridgehead atoms. The van der Waals surface area contributed by atoms with Gasteiger partial charge in [0, 0.05) is 26.2 Å². The van der Waals surface area contributed by atoms with Gasteiger partial charge in [0.15, 0.2) is 23.2 Å². The van der Waals surface area contributed by atoms with Crippen LogP contribution in [0, 0.1) is 13.8 Å². The molecule has 0 saturated carbocycles. The van der Waals surface area contributed by atoms with Crippen molar-refractivity contribution >= 4 is 36.3 Å². The molecule has 4 aromatic heterocycles. The van der Waals surface area contributed by atoms with Gasteiger partial charge in [0.1, 0.15) is 10.8 Å². The Morgan fingerprint density at radius 3 is 1.78 bits per heavy atom. The number of nitrogens with zero attached hydrogens (tertiary/aromatic N) is 6. The summed E-state index contributed by atoms with van der Waals surface area (Å²) in [6, 6.07) is 3.29. The first kappa shape index (κ1) is 27.0. The first-order valence-corrected chi connectivity index (χ1v) is 11.3. The van der Waals surface area contributed by atoms with Gasteiger partial charge < -0.3 is 29.6 Å². The molecule has 0 unspecified atom stereocenters. The Hall–Kier alpha value is -3.55. The number of hydrogen-bond donors (Lipinski definition) is 2. The zero-order valence-electron chi connectivity index (χ0n) is 20.9. The van der Waals surface area contributed by atoms with Gasteiger partial charge in [0.05, 0.1) is 23.6 Å². The van der Waals surface area contributed by atoms with Crippen LogP contribution in [-0.2, 0) is 9.31 Å². The summed E-state index contributed by atoms with van der Waals surface area (Å²) in [6.45, 7) is 11.6. The lowest BCUT2D eigenvalue weighted by molar-refractivity contribution is 0.00578. The molecule has 0 aliphatic carbocycles. The van der Waals surface area contributed by atoms with E-state index in [0.29, 0.717) is 34.0 Å². The molecule has 5 rings (SSSR count). The van der Waals surface area contributed by atoms with E-state index >= 15 is 0 Å². The highest BCUT2D eigenvalue weighted by Crippen LogP contribution is 2.36. The van der Waals surface area contributed by atoms with Crippen LogP contribution < -0.4 is 17.1 Å². The average Bonchev–Trinajstić information content (AvgIpc) is 3.47. The number of hydrogen-bond acceptors (Lipinski definition) is 12. The molecule has 4 N–H and O–H groups in total. The predicted octanol–water partition coefficient (Wildman–Crippen LogP) is 3.02. The normalized spacial score (nSPS) is 15.5. The number of rotatable bonds is 2. The van der Waals surface area contributed by atoms with Gasteiger partial charge in [-0.2, -0.15) is 0 Å². The highest BCUT2D eigenvalue weighted by atomic mass is 35.5. The number of aromatic nitrogens is 6. The fourth-order valence-corrected chi connectivity index (χ4v) is 2.93. The Morgan fingerprint density at radius 2 is 1.33 bits per heavy atom. The van der Waals surface area contributed by atoms with Gasteiger partial charge in [-0.3, -0.25) is 0 Å². The Balaban J connectivity index is 0.000000157. The molecule has 1 aliphatic rings. The standard InChI is InChI=1S/C10H16BNO3.C8H8N4O.C4H4ClN3/c1-7-12-6-8(13-7)11-14-9(2,3)10(4,5)15-11;1-5-11-4-7(13-5)6-2-3-10-8(9)12-6;5-3-1-2-7-4(6)8-3/h6H,1-5H3;2-4H,1H3,(H2,9,10,12);1-2H,(H2,6,7,8). The summed E-state index contributed by atoms with van der Waals surface area (Å²) in [4.78, 5) is 23.0. The highest BCUT2D eigenvalue weighted by Gasteiger charge is 2.53. The number of aryl methyl sites for hydroxylation is 2. The topological polar surface area (TPSA) is 174 Å². The van der Waals surface area contributed by atoms with Crippen LogP contribution in [0.3, 0.4) is 0 Å². The maximum absolute atomic E-state index is 5.81. The van der Waals surface area contributed by atoms with Crippen LogP contribution >= 0.6 is 11.6 Å². The number of nitrogens with two attached hydrogens (primary N) is 2. The van der Waals surface area contributed by atoms with Crippen molar-refractivity contribution in [3.63, 3.8) is 0 Å². The fourth-order valence-electron chi connectivity index (χ4n) is 2.79. The summed E-state index contributed by atoms with van der Waals surface area (Å²) < 4.78 is 22.3. The van der Waals surface area contributed by atoms with Crippen LogP contribution in [0.1, 0.15) is 39.5 Å². The summed E-state index contributed by atoms with van der Waals surface area (Å²) >= 11 is 5.41. The molecule has 36 heavy (non-hydrogen) atoms. The van der Waals surface area contributed by atoms with Crippen LogP contribution in [0.2, 0.25) is 5.15 Å². The molecule has 1 saturated heterocycles. The summed E-state index contributed by atoms with van der Waals surface area (Å²) in [5, 5.41) is 0.373. The van der Waals surface area contributed by atoms with Crippen molar-refractivity contribution in [2.75, 3.05) is 11.5 Å². The van der Waals surface area contributed by atoms with Gasteiger partial charge in [-0.15, -0.1) is 0 Å². The van der Waals surface area contributed by atoms with Crippen molar-refractivity contribution in [2.24, 2.45) is 0 Å². The molecular weight excluding hydrogens is 487 g/mol.